The molecule has 0 fully saturated rings. The van der Waals surface area contributed by atoms with Gasteiger partial charge in [0.05, 0.1) is 0 Å². The van der Waals surface area contributed by atoms with E-state index in [1.165, 1.54) is 41.5 Å². The Hall–Kier alpha value is -1.56. The average molecular weight is 266 g/mol. The van der Waals surface area contributed by atoms with Crippen molar-refractivity contribution in [2.24, 2.45) is 5.41 Å². The average Bonchev–Trinajstić information content (AvgIpc) is 2.49. The number of hydrogen-bond acceptors (Lipinski definition) is 0. The molecule has 0 atom stereocenters. The summed E-state index contributed by atoms with van der Waals surface area (Å²) in [6, 6.07) is 17.8. The fourth-order valence-corrected chi connectivity index (χ4v) is 2.55. The fraction of sp³-hybridized carbons (Fsp3) is 0.400. The Bertz CT molecular complexity index is 527. The second-order valence-electron chi connectivity index (χ2n) is 6.26. The summed E-state index contributed by atoms with van der Waals surface area (Å²) in [6.45, 7) is 9.11. The molecule has 0 aliphatic heterocycles. The minimum atomic E-state index is 0.436. The van der Waals surface area contributed by atoms with Gasteiger partial charge in [-0.15, -0.1) is 0 Å². The predicted molar refractivity (Wildman–Crippen MR) is 89.0 cm³/mol. The van der Waals surface area contributed by atoms with Crippen LogP contribution in [0.3, 0.4) is 0 Å². The second kappa shape index (κ2) is 6.26. The number of benzene rings is 2. The molecule has 0 N–H and O–H groups in total. The lowest BCUT2D eigenvalue weighted by atomic mass is 9.79. The maximum atomic E-state index is 2.39. The summed E-state index contributed by atoms with van der Waals surface area (Å²) in [5.74, 6) is 0. The first-order chi connectivity index (χ1) is 9.56. The highest BCUT2D eigenvalue weighted by Crippen LogP contribution is 2.30. The molecule has 0 spiro atoms. The summed E-state index contributed by atoms with van der Waals surface area (Å²) in [5, 5.41) is 0. The van der Waals surface area contributed by atoms with E-state index in [4.69, 9.17) is 0 Å². The van der Waals surface area contributed by atoms with Crippen molar-refractivity contribution in [3.8, 4) is 11.1 Å². The molecule has 2 aromatic rings. The van der Waals surface area contributed by atoms with Gasteiger partial charge in [-0.25, -0.2) is 0 Å². The molecule has 0 amide bonds. The predicted octanol–water partition coefficient (Wildman–Crippen LogP) is 6.03. The molecule has 0 saturated carbocycles. The third-order valence-electron chi connectivity index (χ3n) is 4.68. The lowest BCUT2D eigenvalue weighted by Crippen LogP contribution is -2.17. The highest BCUT2D eigenvalue weighted by Gasteiger charge is 2.19. The zero-order chi connectivity index (χ0) is 14.6. The van der Waals surface area contributed by atoms with E-state index in [1.807, 2.05) is 0 Å². The third kappa shape index (κ3) is 3.50. The summed E-state index contributed by atoms with van der Waals surface area (Å²) in [7, 11) is 0. The van der Waals surface area contributed by atoms with Crippen molar-refractivity contribution in [3.05, 3.63) is 59.7 Å². The van der Waals surface area contributed by atoms with Gasteiger partial charge in [0.1, 0.15) is 0 Å². The Morgan fingerprint density at radius 3 is 1.65 bits per heavy atom. The van der Waals surface area contributed by atoms with Crippen LogP contribution in [0.15, 0.2) is 48.5 Å². The highest BCUT2D eigenvalue weighted by atomic mass is 14.2. The van der Waals surface area contributed by atoms with Gasteiger partial charge in [-0.2, -0.15) is 0 Å². The quantitative estimate of drug-likeness (QED) is 0.619. The van der Waals surface area contributed by atoms with Crippen LogP contribution < -0.4 is 0 Å². The largest absolute Gasteiger partial charge is 0.0649 e. The molecule has 0 aromatic heterocycles. The van der Waals surface area contributed by atoms with E-state index in [9.17, 15) is 0 Å². The summed E-state index contributed by atoms with van der Waals surface area (Å²) >= 11 is 0. The minimum Gasteiger partial charge on any atom is -0.0649 e. The van der Waals surface area contributed by atoms with Crippen molar-refractivity contribution < 1.29 is 0 Å². The van der Waals surface area contributed by atoms with E-state index < -0.39 is 0 Å². The molecule has 106 valence electrons. The monoisotopic (exact) mass is 266 g/mol. The number of aryl methyl sites for hydroxylation is 1. The summed E-state index contributed by atoms with van der Waals surface area (Å²) in [5.41, 5.74) is 5.81. The van der Waals surface area contributed by atoms with E-state index in [-0.39, 0.29) is 0 Å². The summed E-state index contributed by atoms with van der Waals surface area (Å²) in [4.78, 5) is 0. The summed E-state index contributed by atoms with van der Waals surface area (Å²) in [6.07, 6.45) is 3.65. The molecule has 0 radical (unpaired) electrons. The Kier molecular flexibility index (Phi) is 4.65. The first-order valence-corrected chi connectivity index (χ1v) is 7.72. The normalized spacial score (nSPS) is 11.6. The smallest absolute Gasteiger partial charge is 0.0184 e. The minimum absolute atomic E-state index is 0.436. The van der Waals surface area contributed by atoms with Crippen LogP contribution in [0.1, 0.15) is 44.7 Å². The van der Waals surface area contributed by atoms with Crippen LogP contribution in [0.4, 0.5) is 0 Å². The molecule has 2 aromatic carbocycles. The zero-order valence-corrected chi connectivity index (χ0v) is 13.2. The van der Waals surface area contributed by atoms with Gasteiger partial charge in [-0.3, -0.25) is 0 Å². The zero-order valence-electron chi connectivity index (χ0n) is 13.2. The van der Waals surface area contributed by atoms with Gasteiger partial charge in [0.25, 0.3) is 0 Å². The Balaban J connectivity index is 2.16. The molecule has 0 bridgehead atoms. The van der Waals surface area contributed by atoms with E-state index in [2.05, 4.69) is 76.2 Å². The van der Waals surface area contributed by atoms with Crippen LogP contribution in [0.5, 0.6) is 0 Å². The van der Waals surface area contributed by atoms with Crippen LogP contribution in [0, 0.1) is 12.3 Å². The van der Waals surface area contributed by atoms with Crippen molar-refractivity contribution in [1.82, 2.24) is 0 Å². The molecule has 0 saturated heterocycles. The molecule has 0 unspecified atom stereocenters. The molecule has 0 aliphatic carbocycles. The molecule has 20 heavy (non-hydrogen) atoms. The van der Waals surface area contributed by atoms with Crippen molar-refractivity contribution in [3.63, 3.8) is 0 Å². The Morgan fingerprint density at radius 2 is 1.20 bits per heavy atom. The van der Waals surface area contributed by atoms with Gasteiger partial charge in [0, 0.05) is 0 Å². The van der Waals surface area contributed by atoms with Gasteiger partial charge < -0.3 is 0 Å². The first kappa shape index (κ1) is 14.8. The molecular formula is C20H26. The van der Waals surface area contributed by atoms with Gasteiger partial charge >= 0.3 is 0 Å². The lowest BCUT2D eigenvalue weighted by molar-refractivity contribution is 0.296. The van der Waals surface area contributed by atoms with Gasteiger partial charge in [-0.1, -0.05) is 87.7 Å². The van der Waals surface area contributed by atoms with E-state index >= 15 is 0 Å². The van der Waals surface area contributed by atoms with E-state index in [1.54, 1.807) is 0 Å². The molecule has 0 nitrogen and oxygen atoms in total. The van der Waals surface area contributed by atoms with E-state index in [0.29, 0.717) is 5.41 Å². The topological polar surface area (TPSA) is 0 Å². The molecule has 0 heteroatoms. The molecule has 2 rings (SSSR count). The standard InChI is InChI=1S/C20H26/c1-5-20(4,6-2)15-17-9-13-19(14-10-17)18-11-7-16(3)8-12-18/h7-14H,5-6,15H2,1-4H3. The molecule has 0 heterocycles. The van der Waals surface area contributed by atoms with Gasteiger partial charge in [-0.05, 0) is 35.4 Å². The van der Waals surface area contributed by atoms with E-state index in [0.717, 1.165) is 0 Å². The van der Waals surface area contributed by atoms with Gasteiger partial charge in [0.2, 0.25) is 0 Å². The Labute approximate surface area is 123 Å². The van der Waals surface area contributed by atoms with Crippen LogP contribution in [0.2, 0.25) is 0 Å². The number of rotatable bonds is 5. The fourth-order valence-electron chi connectivity index (χ4n) is 2.55. The van der Waals surface area contributed by atoms with Crippen LogP contribution in [-0.2, 0) is 6.42 Å². The molecular weight excluding hydrogens is 240 g/mol. The van der Waals surface area contributed by atoms with Gasteiger partial charge in [0.15, 0.2) is 0 Å². The highest BCUT2D eigenvalue weighted by molar-refractivity contribution is 5.63. The van der Waals surface area contributed by atoms with Crippen molar-refractivity contribution >= 4 is 0 Å². The van der Waals surface area contributed by atoms with Crippen LogP contribution >= 0.6 is 0 Å². The Morgan fingerprint density at radius 1 is 0.750 bits per heavy atom. The molecule has 0 aliphatic rings. The van der Waals surface area contributed by atoms with Crippen LogP contribution in [0.25, 0.3) is 11.1 Å². The van der Waals surface area contributed by atoms with Crippen molar-refractivity contribution in [1.29, 1.82) is 0 Å². The van der Waals surface area contributed by atoms with Crippen molar-refractivity contribution in [2.75, 3.05) is 0 Å². The van der Waals surface area contributed by atoms with Crippen LogP contribution in [-0.4, -0.2) is 0 Å². The maximum Gasteiger partial charge on any atom is -0.0184 e. The second-order valence-corrected chi connectivity index (χ2v) is 6.26. The third-order valence-corrected chi connectivity index (χ3v) is 4.68. The SMILES string of the molecule is CCC(C)(CC)Cc1ccc(-c2ccc(C)cc2)cc1. The maximum absolute atomic E-state index is 2.39. The lowest BCUT2D eigenvalue weighted by Gasteiger charge is -2.26. The number of hydrogen-bond donors (Lipinski definition) is 0. The summed E-state index contributed by atoms with van der Waals surface area (Å²) < 4.78 is 0. The first-order valence-electron chi connectivity index (χ1n) is 7.72. The van der Waals surface area contributed by atoms with Crippen molar-refractivity contribution in [2.45, 2.75) is 47.0 Å².